The second-order valence-electron chi connectivity index (χ2n) is 8.71. The predicted molar refractivity (Wildman–Crippen MR) is 152 cm³/mol. The van der Waals surface area contributed by atoms with Crippen molar-refractivity contribution in [2.75, 3.05) is 22.1 Å². The number of nitrogens with zero attached hydrogens (tertiary/aromatic N) is 1. The first-order valence-electron chi connectivity index (χ1n) is 12.4. The van der Waals surface area contributed by atoms with E-state index in [0.29, 0.717) is 28.2 Å². The molecule has 0 aliphatic heterocycles. The molecule has 4 aromatic carbocycles. The highest BCUT2D eigenvalue weighted by Gasteiger charge is 2.27. The van der Waals surface area contributed by atoms with E-state index in [1.165, 1.54) is 4.90 Å². The number of urea groups is 1. The zero-order valence-electron chi connectivity index (χ0n) is 21.3. The van der Waals surface area contributed by atoms with Crippen LogP contribution in [-0.2, 0) is 9.59 Å². The van der Waals surface area contributed by atoms with Crippen LogP contribution in [-0.4, -0.2) is 36.2 Å². The number of ketones is 1. The lowest BCUT2D eigenvalue weighted by Crippen LogP contribution is -2.50. The molecular formula is C31H28N4O4. The van der Waals surface area contributed by atoms with Crippen molar-refractivity contribution in [3.63, 3.8) is 0 Å². The average Bonchev–Trinajstić information content (AvgIpc) is 2.97. The standard InChI is InChI=1S/C31H28N4O4/c1-22(30(38)33-25-15-7-3-8-16-25)35(27-18-9-4-10-19-27)28(36)21-32-31(39)34-26-17-11-14-24(20-26)29(37)23-12-5-2-6-13-23/h2-20,22H,21H2,1H3,(H,33,38)(H2,32,34,39). The van der Waals surface area contributed by atoms with Gasteiger partial charge in [0.25, 0.3) is 0 Å². The zero-order chi connectivity index (χ0) is 27.6. The van der Waals surface area contributed by atoms with E-state index in [1.807, 2.05) is 18.2 Å². The Labute approximate surface area is 226 Å². The SMILES string of the molecule is CC(C(=O)Nc1ccccc1)N(C(=O)CNC(=O)Nc1cccc(C(=O)c2ccccc2)c1)c1ccccc1. The number of para-hydroxylation sites is 2. The number of anilines is 3. The van der Waals surface area contributed by atoms with E-state index >= 15 is 0 Å². The molecule has 0 bridgehead atoms. The van der Waals surface area contributed by atoms with Gasteiger partial charge in [-0.25, -0.2) is 4.79 Å². The van der Waals surface area contributed by atoms with Crippen molar-refractivity contribution in [3.8, 4) is 0 Å². The average molecular weight is 521 g/mol. The van der Waals surface area contributed by atoms with Gasteiger partial charge >= 0.3 is 6.03 Å². The third-order valence-corrected chi connectivity index (χ3v) is 5.93. The van der Waals surface area contributed by atoms with Crippen molar-refractivity contribution in [1.82, 2.24) is 5.32 Å². The van der Waals surface area contributed by atoms with Gasteiger partial charge in [-0.1, -0.05) is 78.9 Å². The third-order valence-electron chi connectivity index (χ3n) is 5.93. The van der Waals surface area contributed by atoms with E-state index < -0.39 is 18.0 Å². The molecule has 1 unspecified atom stereocenters. The summed E-state index contributed by atoms with van der Waals surface area (Å²) in [6.45, 7) is 1.27. The fourth-order valence-corrected chi connectivity index (χ4v) is 3.97. The lowest BCUT2D eigenvalue weighted by molar-refractivity contribution is -0.122. The topological polar surface area (TPSA) is 108 Å². The van der Waals surface area contributed by atoms with Crippen molar-refractivity contribution in [2.24, 2.45) is 0 Å². The van der Waals surface area contributed by atoms with Crippen LogP contribution >= 0.6 is 0 Å². The molecule has 0 saturated heterocycles. The van der Waals surface area contributed by atoms with E-state index in [9.17, 15) is 19.2 Å². The number of benzene rings is 4. The van der Waals surface area contributed by atoms with Crippen LogP contribution in [0.4, 0.5) is 21.9 Å². The second kappa shape index (κ2) is 12.8. The molecule has 8 nitrogen and oxygen atoms in total. The Bertz CT molecular complexity index is 1440. The van der Waals surface area contributed by atoms with Crippen LogP contribution in [0.1, 0.15) is 22.8 Å². The normalized spacial score (nSPS) is 11.1. The second-order valence-corrected chi connectivity index (χ2v) is 8.71. The molecule has 4 rings (SSSR count). The van der Waals surface area contributed by atoms with E-state index in [2.05, 4.69) is 16.0 Å². The fraction of sp³-hybridized carbons (Fsp3) is 0.0968. The number of carbonyl (C=O) groups excluding carboxylic acids is 4. The molecule has 39 heavy (non-hydrogen) atoms. The monoisotopic (exact) mass is 520 g/mol. The van der Waals surface area contributed by atoms with Gasteiger partial charge in [-0.15, -0.1) is 0 Å². The lowest BCUT2D eigenvalue weighted by Gasteiger charge is -2.28. The van der Waals surface area contributed by atoms with Crippen LogP contribution in [0, 0.1) is 0 Å². The van der Waals surface area contributed by atoms with Gasteiger partial charge in [0.2, 0.25) is 11.8 Å². The molecule has 0 fully saturated rings. The zero-order valence-corrected chi connectivity index (χ0v) is 21.3. The van der Waals surface area contributed by atoms with Crippen molar-refractivity contribution in [2.45, 2.75) is 13.0 Å². The Morgan fingerprint density at radius 1 is 0.667 bits per heavy atom. The van der Waals surface area contributed by atoms with Crippen LogP contribution in [0.5, 0.6) is 0 Å². The van der Waals surface area contributed by atoms with Gasteiger partial charge in [0.05, 0.1) is 6.54 Å². The van der Waals surface area contributed by atoms with Crippen LogP contribution in [0.3, 0.4) is 0 Å². The number of amides is 4. The molecule has 3 N–H and O–H groups in total. The summed E-state index contributed by atoms with van der Waals surface area (Å²) in [5.41, 5.74) is 2.49. The van der Waals surface area contributed by atoms with Crippen molar-refractivity contribution in [1.29, 1.82) is 0 Å². The molecule has 4 amide bonds. The van der Waals surface area contributed by atoms with E-state index in [-0.39, 0.29) is 18.2 Å². The first-order chi connectivity index (χ1) is 18.9. The van der Waals surface area contributed by atoms with E-state index in [4.69, 9.17) is 0 Å². The summed E-state index contributed by atoms with van der Waals surface area (Å²) in [4.78, 5) is 52.9. The number of nitrogens with one attached hydrogen (secondary N) is 3. The van der Waals surface area contributed by atoms with Crippen molar-refractivity contribution in [3.05, 3.63) is 126 Å². The van der Waals surface area contributed by atoms with E-state index in [0.717, 1.165) is 0 Å². The molecule has 8 heteroatoms. The van der Waals surface area contributed by atoms with Gasteiger partial charge in [0, 0.05) is 28.2 Å². The maximum absolute atomic E-state index is 13.3. The predicted octanol–water partition coefficient (Wildman–Crippen LogP) is 5.10. The lowest BCUT2D eigenvalue weighted by atomic mass is 10.0. The molecule has 0 saturated carbocycles. The molecule has 0 spiro atoms. The highest BCUT2D eigenvalue weighted by Crippen LogP contribution is 2.19. The minimum absolute atomic E-state index is 0.170. The Balaban J connectivity index is 1.41. The number of hydrogen-bond donors (Lipinski definition) is 3. The molecule has 0 radical (unpaired) electrons. The number of carbonyl (C=O) groups is 4. The Morgan fingerprint density at radius 2 is 1.23 bits per heavy atom. The van der Waals surface area contributed by atoms with Gasteiger partial charge < -0.3 is 16.0 Å². The maximum Gasteiger partial charge on any atom is 0.319 e. The summed E-state index contributed by atoms with van der Waals surface area (Å²) in [6, 6.07) is 31.7. The van der Waals surface area contributed by atoms with Gasteiger partial charge in [-0.3, -0.25) is 19.3 Å². The summed E-state index contributed by atoms with van der Waals surface area (Å²) in [5.74, 6) is -1.01. The highest BCUT2D eigenvalue weighted by atomic mass is 16.2. The molecular weight excluding hydrogens is 492 g/mol. The van der Waals surface area contributed by atoms with Crippen molar-refractivity contribution < 1.29 is 19.2 Å². The van der Waals surface area contributed by atoms with Gasteiger partial charge in [0.15, 0.2) is 5.78 Å². The Kier molecular flexibility index (Phi) is 8.82. The fourth-order valence-electron chi connectivity index (χ4n) is 3.97. The highest BCUT2D eigenvalue weighted by molar-refractivity contribution is 6.10. The van der Waals surface area contributed by atoms with E-state index in [1.54, 1.807) is 104 Å². The van der Waals surface area contributed by atoms with Crippen LogP contribution in [0.2, 0.25) is 0 Å². The quantitative estimate of drug-likeness (QED) is 0.267. The van der Waals surface area contributed by atoms with Crippen LogP contribution in [0.25, 0.3) is 0 Å². The Hall–Kier alpha value is -5.24. The summed E-state index contributed by atoms with van der Waals surface area (Å²) in [5, 5.41) is 8.01. The summed E-state index contributed by atoms with van der Waals surface area (Å²) in [7, 11) is 0. The minimum Gasteiger partial charge on any atom is -0.329 e. The van der Waals surface area contributed by atoms with Crippen LogP contribution < -0.4 is 20.9 Å². The molecule has 0 aliphatic rings. The van der Waals surface area contributed by atoms with Gasteiger partial charge in [-0.05, 0) is 43.3 Å². The number of hydrogen-bond acceptors (Lipinski definition) is 4. The third kappa shape index (κ3) is 7.17. The van der Waals surface area contributed by atoms with Crippen LogP contribution in [0.15, 0.2) is 115 Å². The molecule has 0 aliphatic carbocycles. The maximum atomic E-state index is 13.3. The first kappa shape index (κ1) is 26.8. The Morgan fingerprint density at radius 3 is 1.90 bits per heavy atom. The summed E-state index contributed by atoms with van der Waals surface area (Å²) < 4.78 is 0. The molecule has 4 aromatic rings. The van der Waals surface area contributed by atoms with Gasteiger partial charge in [-0.2, -0.15) is 0 Å². The van der Waals surface area contributed by atoms with Crippen molar-refractivity contribution >= 4 is 40.7 Å². The number of rotatable bonds is 9. The largest absolute Gasteiger partial charge is 0.329 e. The first-order valence-corrected chi connectivity index (χ1v) is 12.4. The molecule has 0 heterocycles. The minimum atomic E-state index is -0.856. The molecule has 0 aromatic heterocycles. The summed E-state index contributed by atoms with van der Waals surface area (Å²) in [6.07, 6.45) is 0. The molecule has 1 atom stereocenters. The molecule has 196 valence electrons. The smallest absolute Gasteiger partial charge is 0.319 e. The summed E-state index contributed by atoms with van der Waals surface area (Å²) >= 11 is 0. The van der Waals surface area contributed by atoms with Gasteiger partial charge in [0.1, 0.15) is 6.04 Å².